The molecule has 1 aromatic rings. The third-order valence-electron chi connectivity index (χ3n) is 2.86. The number of aromatic nitrogens is 1. The minimum Gasteiger partial charge on any atom is -0.481 e. The normalized spacial score (nSPS) is 17.9. The molecule has 1 fully saturated rings. The second-order valence-electron chi connectivity index (χ2n) is 4.55. The van der Waals surface area contributed by atoms with Gasteiger partial charge in [-0.05, 0) is 19.3 Å². The van der Waals surface area contributed by atoms with E-state index in [9.17, 15) is 9.59 Å². The number of urea groups is 1. The van der Waals surface area contributed by atoms with Crippen LogP contribution >= 0.6 is 11.3 Å². The number of aryl methyl sites for hydroxylation is 1. The fourth-order valence-electron chi connectivity index (χ4n) is 1.87. The van der Waals surface area contributed by atoms with Crippen molar-refractivity contribution in [3.63, 3.8) is 0 Å². The first-order chi connectivity index (χ1) is 9.63. The maximum atomic E-state index is 11.7. The Morgan fingerprint density at radius 2 is 2.40 bits per heavy atom. The summed E-state index contributed by atoms with van der Waals surface area (Å²) < 4.78 is 5.17. The number of ether oxygens (including phenoxy) is 1. The van der Waals surface area contributed by atoms with E-state index in [0.29, 0.717) is 31.2 Å². The van der Waals surface area contributed by atoms with E-state index in [2.05, 4.69) is 15.6 Å². The van der Waals surface area contributed by atoms with Crippen LogP contribution in [0.3, 0.4) is 0 Å². The van der Waals surface area contributed by atoms with Crippen molar-refractivity contribution in [3.8, 4) is 0 Å². The Labute approximate surface area is 120 Å². The molecule has 7 nitrogen and oxygen atoms in total. The Hall–Kier alpha value is -1.67. The fourth-order valence-corrected chi connectivity index (χ4v) is 2.61. The number of hydrogen-bond acceptors (Lipinski definition) is 5. The number of carboxylic acids is 1. The number of nitrogens with zero attached hydrogens (tertiary/aromatic N) is 1. The first-order valence-corrected chi connectivity index (χ1v) is 7.33. The van der Waals surface area contributed by atoms with E-state index in [1.807, 2.05) is 5.38 Å². The standard InChI is InChI=1S/C12H17N3O4S/c16-10(17)3-1-2-9-7-20-12(14-9)15-11(18)13-8-4-5-19-6-8/h7-8H,1-6H2,(H,16,17)(H2,13,14,15,18). The molecular weight excluding hydrogens is 282 g/mol. The number of aliphatic carboxylic acids is 1. The summed E-state index contributed by atoms with van der Waals surface area (Å²) >= 11 is 1.33. The van der Waals surface area contributed by atoms with Crippen molar-refractivity contribution in [1.82, 2.24) is 10.3 Å². The zero-order valence-electron chi connectivity index (χ0n) is 10.9. The molecular formula is C12H17N3O4S. The van der Waals surface area contributed by atoms with Crippen LogP contribution in [0, 0.1) is 0 Å². The highest BCUT2D eigenvalue weighted by atomic mass is 32.1. The van der Waals surface area contributed by atoms with Gasteiger partial charge in [0.25, 0.3) is 0 Å². The number of nitrogens with one attached hydrogen (secondary N) is 2. The lowest BCUT2D eigenvalue weighted by Crippen LogP contribution is -2.38. The number of rotatable bonds is 6. The molecule has 1 aliphatic rings. The van der Waals surface area contributed by atoms with Crippen LogP contribution in [0.4, 0.5) is 9.93 Å². The molecule has 0 aliphatic carbocycles. The summed E-state index contributed by atoms with van der Waals surface area (Å²) in [7, 11) is 0. The second-order valence-corrected chi connectivity index (χ2v) is 5.41. The molecule has 0 bridgehead atoms. The van der Waals surface area contributed by atoms with Gasteiger partial charge in [-0.1, -0.05) is 0 Å². The number of hydrogen-bond donors (Lipinski definition) is 3. The first-order valence-electron chi connectivity index (χ1n) is 6.45. The third kappa shape index (κ3) is 4.78. The summed E-state index contributed by atoms with van der Waals surface area (Å²) in [4.78, 5) is 26.3. The Balaban J connectivity index is 1.73. The summed E-state index contributed by atoms with van der Waals surface area (Å²) in [5, 5.41) is 16.4. The predicted molar refractivity (Wildman–Crippen MR) is 74.1 cm³/mol. The number of carbonyl (C=O) groups excluding carboxylic acids is 1. The van der Waals surface area contributed by atoms with E-state index in [0.717, 1.165) is 12.1 Å². The number of thiazole rings is 1. The van der Waals surface area contributed by atoms with Gasteiger partial charge in [0.15, 0.2) is 5.13 Å². The molecule has 1 saturated heterocycles. The van der Waals surface area contributed by atoms with Gasteiger partial charge in [0, 0.05) is 18.4 Å². The maximum absolute atomic E-state index is 11.7. The zero-order valence-corrected chi connectivity index (χ0v) is 11.7. The van der Waals surface area contributed by atoms with Crippen LogP contribution < -0.4 is 10.6 Å². The van der Waals surface area contributed by atoms with E-state index in [4.69, 9.17) is 9.84 Å². The van der Waals surface area contributed by atoms with Gasteiger partial charge >= 0.3 is 12.0 Å². The SMILES string of the molecule is O=C(O)CCCc1csc(NC(=O)NC2CCOC2)n1. The molecule has 0 saturated carbocycles. The van der Waals surface area contributed by atoms with Crippen LogP contribution in [0.2, 0.25) is 0 Å². The summed E-state index contributed by atoms with van der Waals surface area (Å²) in [6, 6.07) is -0.225. The van der Waals surface area contributed by atoms with Crippen molar-refractivity contribution in [2.24, 2.45) is 0 Å². The van der Waals surface area contributed by atoms with Crippen LogP contribution in [-0.2, 0) is 16.0 Å². The highest BCUT2D eigenvalue weighted by Gasteiger charge is 2.18. The summed E-state index contributed by atoms with van der Waals surface area (Å²) in [5.74, 6) is -0.809. The average Bonchev–Trinajstić information content (AvgIpc) is 3.01. The van der Waals surface area contributed by atoms with E-state index in [1.54, 1.807) is 0 Å². The van der Waals surface area contributed by atoms with E-state index in [1.165, 1.54) is 11.3 Å². The molecule has 0 spiro atoms. The van der Waals surface area contributed by atoms with Crippen molar-refractivity contribution in [2.45, 2.75) is 31.7 Å². The van der Waals surface area contributed by atoms with Crippen molar-refractivity contribution < 1.29 is 19.4 Å². The van der Waals surface area contributed by atoms with Crippen LogP contribution in [0.1, 0.15) is 25.0 Å². The van der Waals surface area contributed by atoms with Crippen LogP contribution in [-0.4, -0.2) is 41.3 Å². The minimum atomic E-state index is -0.809. The molecule has 8 heteroatoms. The molecule has 0 radical (unpaired) electrons. The van der Waals surface area contributed by atoms with Crippen LogP contribution in [0.5, 0.6) is 0 Å². The van der Waals surface area contributed by atoms with Gasteiger partial charge in [0.2, 0.25) is 0 Å². The van der Waals surface area contributed by atoms with Crippen molar-refractivity contribution >= 4 is 28.5 Å². The van der Waals surface area contributed by atoms with Gasteiger partial charge in [0.05, 0.1) is 18.3 Å². The number of carbonyl (C=O) groups is 2. The van der Waals surface area contributed by atoms with E-state index in [-0.39, 0.29) is 18.5 Å². The number of anilines is 1. The van der Waals surface area contributed by atoms with E-state index < -0.39 is 5.97 Å². The Kier molecular flexibility index (Phi) is 5.31. The summed E-state index contributed by atoms with van der Waals surface area (Å²) in [5.41, 5.74) is 0.802. The largest absolute Gasteiger partial charge is 0.481 e. The molecule has 1 unspecified atom stereocenters. The average molecular weight is 299 g/mol. The molecule has 20 heavy (non-hydrogen) atoms. The predicted octanol–water partition coefficient (Wildman–Crippen LogP) is 1.46. The topological polar surface area (TPSA) is 101 Å². The van der Waals surface area contributed by atoms with Gasteiger partial charge < -0.3 is 15.2 Å². The Morgan fingerprint density at radius 3 is 3.10 bits per heavy atom. The fraction of sp³-hybridized carbons (Fsp3) is 0.583. The lowest BCUT2D eigenvalue weighted by molar-refractivity contribution is -0.137. The highest BCUT2D eigenvalue weighted by Crippen LogP contribution is 2.17. The first kappa shape index (κ1) is 14.7. The van der Waals surface area contributed by atoms with E-state index >= 15 is 0 Å². The highest BCUT2D eigenvalue weighted by molar-refractivity contribution is 7.13. The van der Waals surface area contributed by atoms with Crippen LogP contribution in [0.15, 0.2) is 5.38 Å². The molecule has 0 aromatic carbocycles. The Bertz CT molecular complexity index is 471. The molecule has 110 valence electrons. The second kappa shape index (κ2) is 7.20. The number of carboxylic acid groups (broad SMARTS) is 1. The quantitative estimate of drug-likeness (QED) is 0.738. The van der Waals surface area contributed by atoms with Gasteiger partial charge in [-0.2, -0.15) is 0 Å². The monoisotopic (exact) mass is 299 g/mol. The number of amides is 2. The van der Waals surface area contributed by atoms with Crippen molar-refractivity contribution in [3.05, 3.63) is 11.1 Å². The van der Waals surface area contributed by atoms with Crippen molar-refractivity contribution in [2.75, 3.05) is 18.5 Å². The minimum absolute atomic E-state index is 0.0602. The summed E-state index contributed by atoms with van der Waals surface area (Å²) in [6.45, 7) is 1.22. The smallest absolute Gasteiger partial charge is 0.321 e. The Morgan fingerprint density at radius 1 is 1.55 bits per heavy atom. The van der Waals surface area contributed by atoms with Crippen molar-refractivity contribution in [1.29, 1.82) is 0 Å². The van der Waals surface area contributed by atoms with Gasteiger partial charge in [0.1, 0.15) is 0 Å². The molecule has 1 aliphatic heterocycles. The zero-order chi connectivity index (χ0) is 14.4. The van der Waals surface area contributed by atoms with Gasteiger partial charge in [-0.15, -0.1) is 11.3 Å². The van der Waals surface area contributed by atoms with Crippen LogP contribution in [0.25, 0.3) is 0 Å². The molecule has 2 amide bonds. The molecule has 1 aromatic heterocycles. The molecule has 3 N–H and O–H groups in total. The molecule has 2 heterocycles. The molecule has 1 atom stereocenters. The third-order valence-corrected chi connectivity index (χ3v) is 3.67. The lowest BCUT2D eigenvalue weighted by atomic mass is 10.2. The van der Waals surface area contributed by atoms with Gasteiger partial charge in [-0.25, -0.2) is 9.78 Å². The lowest BCUT2D eigenvalue weighted by Gasteiger charge is -2.10. The summed E-state index contributed by atoms with van der Waals surface area (Å²) in [6.07, 6.45) is 2.10. The maximum Gasteiger partial charge on any atom is 0.321 e. The molecule has 2 rings (SSSR count). The van der Waals surface area contributed by atoms with Gasteiger partial charge in [-0.3, -0.25) is 10.1 Å².